The van der Waals surface area contributed by atoms with Crippen LogP contribution in [0, 0.1) is 12.8 Å². The third-order valence-corrected chi connectivity index (χ3v) is 4.53. The molecule has 2 nitrogen and oxygen atoms in total. The molecule has 0 atom stereocenters. The van der Waals surface area contributed by atoms with Crippen LogP contribution in [-0.4, -0.2) is 9.55 Å². The molecule has 2 aromatic heterocycles. The Morgan fingerprint density at radius 2 is 1.71 bits per heavy atom. The van der Waals surface area contributed by atoms with Gasteiger partial charge in [-0.3, -0.25) is 4.98 Å². The minimum absolute atomic E-state index is 0.602. The predicted octanol–water partition coefficient (Wildman–Crippen LogP) is 5.82. The number of aromatic nitrogens is 2. The first kappa shape index (κ1) is 14.9. The molecule has 0 bridgehead atoms. The summed E-state index contributed by atoms with van der Waals surface area (Å²) in [5.74, 6) is 0.602. The molecule has 0 aliphatic rings. The van der Waals surface area contributed by atoms with Gasteiger partial charge in [0.05, 0.1) is 5.69 Å². The highest BCUT2D eigenvalue weighted by molar-refractivity contribution is 6.08. The number of rotatable bonds is 3. The second-order valence-electron chi connectivity index (χ2n) is 6.97. The summed E-state index contributed by atoms with van der Waals surface area (Å²) in [5, 5.41) is 2.65. The molecule has 0 unspecified atom stereocenters. The average molecular weight is 314 g/mol. The van der Waals surface area contributed by atoms with Gasteiger partial charge >= 0.3 is 0 Å². The Hall–Kier alpha value is -2.61. The molecule has 0 spiro atoms. The van der Waals surface area contributed by atoms with Crippen molar-refractivity contribution in [3.05, 3.63) is 66.4 Å². The Bertz CT molecular complexity index is 1010. The Labute approximate surface area is 142 Å². The highest BCUT2D eigenvalue weighted by Gasteiger charge is 2.12. The van der Waals surface area contributed by atoms with Gasteiger partial charge in [-0.25, -0.2) is 0 Å². The lowest BCUT2D eigenvalue weighted by molar-refractivity contribution is 0.545. The zero-order chi connectivity index (χ0) is 16.7. The van der Waals surface area contributed by atoms with Gasteiger partial charge in [0, 0.05) is 40.1 Å². The van der Waals surface area contributed by atoms with Crippen molar-refractivity contribution in [2.24, 2.45) is 5.92 Å². The van der Waals surface area contributed by atoms with Crippen LogP contribution in [0.2, 0.25) is 0 Å². The van der Waals surface area contributed by atoms with E-state index >= 15 is 0 Å². The van der Waals surface area contributed by atoms with E-state index in [9.17, 15) is 0 Å². The molecule has 0 saturated heterocycles. The molecule has 0 saturated carbocycles. The van der Waals surface area contributed by atoms with Gasteiger partial charge in [0.15, 0.2) is 0 Å². The molecule has 24 heavy (non-hydrogen) atoms. The standard InChI is InChI=1S/C22H22N2/c1-15(2)14-24-21-7-5-4-6-18(21)19-10-9-17(12-22(19)24)20-11-8-16(3)13-23-20/h4-13,15H,14H2,1-3H3. The third kappa shape index (κ3) is 2.48. The minimum Gasteiger partial charge on any atom is -0.340 e. The third-order valence-electron chi connectivity index (χ3n) is 4.53. The summed E-state index contributed by atoms with van der Waals surface area (Å²) in [6, 6.07) is 19.6. The topological polar surface area (TPSA) is 17.8 Å². The van der Waals surface area contributed by atoms with Crippen LogP contribution in [0.25, 0.3) is 33.1 Å². The fourth-order valence-corrected chi connectivity index (χ4v) is 3.41. The Kier molecular flexibility index (Phi) is 3.61. The molecule has 0 N–H and O–H groups in total. The SMILES string of the molecule is Cc1ccc(-c2ccc3c4ccccc4n(CC(C)C)c3c2)nc1. The second kappa shape index (κ2) is 5.79. The van der Waals surface area contributed by atoms with Crippen LogP contribution in [0.1, 0.15) is 19.4 Å². The van der Waals surface area contributed by atoms with Gasteiger partial charge in [-0.05, 0) is 36.6 Å². The van der Waals surface area contributed by atoms with Crippen molar-refractivity contribution in [1.29, 1.82) is 0 Å². The fourth-order valence-electron chi connectivity index (χ4n) is 3.41. The Morgan fingerprint density at radius 1 is 0.917 bits per heavy atom. The normalized spacial score (nSPS) is 11.7. The van der Waals surface area contributed by atoms with E-state index in [2.05, 4.69) is 84.9 Å². The van der Waals surface area contributed by atoms with Crippen LogP contribution in [0.5, 0.6) is 0 Å². The molecule has 120 valence electrons. The Balaban J connectivity index is 1.98. The minimum atomic E-state index is 0.602. The molecule has 0 radical (unpaired) electrons. The molecular weight excluding hydrogens is 292 g/mol. The van der Waals surface area contributed by atoms with E-state index in [4.69, 9.17) is 0 Å². The van der Waals surface area contributed by atoms with Crippen molar-refractivity contribution < 1.29 is 0 Å². The summed E-state index contributed by atoms with van der Waals surface area (Å²) in [6.45, 7) is 7.63. The molecular formula is C22H22N2. The van der Waals surface area contributed by atoms with Gasteiger partial charge in [-0.15, -0.1) is 0 Å². The second-order valence-corrected chi connectivity index (χ2v) is 6.97. The van der Waals surface area contributed by atoms with Gasteiger partial charge in [0.25, 0.3) is 0 Å². The maximum absolute atomic E-state index is 4.59. The van der Waals surface area contributed by atoms with Crippen LogP contribution in [0.4, 0.5) is 0 Å². The molecule has 4 rings (SSSR count). The van der Waals surface area contributed by atoms with Gasteiger partial charge in [0.1, 0.15) is 0 Å². The van der Waals surface area contributed by atoms with Crippen LogP contribution < -0.4 is 0 Å². The van der Waals surface area contributed by atoms with E-state index in [1.54, 1.807) is 0 Å². The number of hydrogen-bond acceptors (Lipinski definition) is 1. The summed E-state index contributed by atoms with van der Waals surface area (Å²) in [7, 11) is 0. The van der Waals surface area contributed by atoms with Gasteiger partial charge < -0.3 is 4.57 Å². The van der Waals surface area contributed by atoms with Gasteiger partial charge in [0.2, 0.25) is 0 Å². The summed E-state index contributed by atoms with van der Waals surface area (Å²) >= 11 is 0. The smallest absolute Gasteiger partial charge is 0.0702 e. The van der Waals surface area contributed by atoms with Gasteiger partial charge in [-0.1, -0.05) is 50.2 Å². The Morgan fingerprint density at radius 3 is 2.46 bits per heavy atom. The van der Waals surface area contributed by atoms with Crippen LogP contribution in [-0.2, 0) is 6.54 Å². The first-order valence-electron chi connectivity index (χ1n) is 8.57. The van der Waals surface area contributed by atoms with Crippen molar-refractivity contribution in [2.75, 3.05) is 0 Å². The molecule has 2 heteroatoms. The number of hydrogen-bond donors (Lipinski definition) is 0. The van der Waals surface area contributed by atoms with Crippen molar-refractivity contribution in [3.63, 3.8) is 0 Å². The van der Waals surface area contributed by atoms with E-state index in [-0.39, 0.29) is 0 Å². The quantitative estimate of drug-likeness (QED) is 0.466. The zero-order valence-electron chi connectivity index (χ0n) is 14.5. The highest BCUT2D eigenvalue weighted by Crippen LogP contribution is 2.32. The van der Waals surface area contributed by atoms with E-state index in [1.165, 1.54) is 32.9 Å². The number of aryl methyl sites for hydroxylation is 1. The predicted molar refractivity (Wildman–Crippen MR) is 102 cm³/mol. The molecule has 2 aromatic carbocycles. The number of pyridine rings is 1. The van der Waals surface area contributed by atoms with Gasteiger partial charge in [-0.2, -0.15) is 0 Å². The molecule has 0 fully saturated rings. The largest absolute Gasteiger partial charge is 0.340 e. The lowest BCUT2D eigenvalue weighted by atomic mass is 10.1. The van der Waals surface area contributed by atoms with E-state index in [0.29, 0.717) is 5.92 Å². The fraction of sp³-hybridized carbons (Fsp3) is 0.227. The molecule has 4 aromatic rings. The summed E-state index contributed by atoms with van der Waals surface area (Å²) in [5.41, 5.74) is 6.01. The van der Waals surface area contributed by atoms with E-state index in [0.717, 1.165) is 12.2 Å². The first-order chi connectivity index (χ1) is 11.6. The maximum atomic E-state index is 4.59. The average Bonchev–Trinajstić information content (AvgIpc) is 2.89. The van der Waals surface area contributed by atoms with E-state index in [1.807, 2.05) is 6.20 Å². The molecule has 0 aliphatic heterocycles. The zero-order valence-corrected chi connectivity index (χ0v) is 14.5. The molecule has 0 aliphatic carbocycles. The van der Waals surface area contributed by atoms with Crippen molar-refractivity contribution in [2.45, 2.75) is 27.3 Å². The molecule has 0 amide bonds. The van der Waals surface area contributed by atoms with Crippen LogP contribution >= 0.6 is 0 Å². The summed E-state index contributed by atoms with van der Waals surface area (Å²) < 4.78 is 2.45. The lowest BCUT2D eigenvalue weighted by Crippen LogP contribution is -2.03. The number of fused-ring (bicyclic) bond motifs is 3. The van der Waals surface area contributed by atoms with Crippen molar-refractivity contribution >= 4 is 21.8 Å². The summed E-state index contributed by atoms with van der Waals surface area (Å²) in [4.78, 5) is 4.59. The van der Waals surface area contributed by atoms with Crippen molar-refractivity contribution in [3.8, 4) is 11.3 Å². The summed E-state index contributed by atoms with van der Waals surface area (Å²) in [6.07, 6.45) is 1.93. The number of para-hydroxylation sites is 1. The monoisotopic (exact) mass is 314 g/mol. The first-order valence-corrected chi connectivity index (χ1v) is 8.57. The highest BCUT2D eigenvalue weighted by atomic mass is 15.0. The van der Waals surface area contributed by atoms with Crippen LogP contribution in [0.3, 0.4) is 0 Å². The maximum Gasteiger partial charge on any atom is 0.0702 e. The van der Waals surface area contributed by atoms with Crippen molar-refractivity contribution in [1.82, 2.24) is 9.55 Å². The molecule has 2 heterocycles. The lowest BCUT2D eigenvalue weighted by Gasteiger charge is -2.11. The van der Waals surface area contributed by atoms with Crippen LogP contribution in [0.15, 0.2) is 60.8 Å². The number of benzene rings is 2. The number of nitrogens with zero attached hydrogens (tertiary/aromatic N) is 2. The van der Waals surface area contributed by atoms with E-state index < -0.39 is 0 Å².